The Balaban J connectivity index is 2.31. The van der Waals surface area contributed by atoms with Gasteiger partial charge in [-0.25, -0.2) is 0 Å². The van der Waals surface area contributed by atoms with Gasteiger partial charge in [0.25, 0.3) is 0 Å². The Morgan fingerprint density at radius 2 is 2.33 bits per heavy atom. The molecule has 18 heavy (non-hydrogen) atoms. The van der Waals surface area contributed by atoms with Crippen molar-refractivity contribution in [1.29, 1.82) is 0 Å². The molecule has 5 nitrogen and oxygen atoms in total. The van der Waals surface area contributed by atoms with E-state index in [2.05, 4.69) is 27.9 Å². The number of aryl methyl sites for hydroxylation is 1. The predicted molar refractivity (Wildman–Crippen MR) is 69.2 cm³/mol. The van der Waals surface area contributed by atoms with Crippen molar-refractivity contribution in [1.82, 2.24) is 10.2 Å². The fraction of sp³-hybridized carbons (Fsp3) is 0.385. The Morgan fingerprint density at radius 1 is 1.56 bits per heavy atom. The topological polar surface area (TPSA) is 81.0 Å². The summed E-state index contributed by atoms with van der Waals surface area (Å²) in [7, 11) is 1.35. The van der Waals surface area contributed by atoms with Crippen LogP contribution in [0, 0.1) is 0 Å². The standard InChI is InChI=1S/C13H17N3O2/c1-3-9-4-8(6-11(14)13(17)18-2)5-10-7-15-16-12(9)10/h4-5,7,11H,3,6,14H2,1-2H3,(H,15,16)/t11-/m0/s1. The van der Waals surface area contributed by atoms with Crippen LogP contribution in [-0.2, 0) is 22.4 Å². The molecule has 5 heteroatoms. The number of methoxy groups -OCH3 is 1. The van der Waals surface area contributed by atoms with E-state index in [0.717, 1.165) is 22.9 Å². The van der Waals surface area contributed by atoms with Crippen LogP contribution in [-0.4, -0.2) is 29.3 Å². The van der Waals surface area contributed by atoms with E-state index in [0.29, 0.717) is 6.42 Å². The zero-order valence-corrected chi connectivity index (χ0v) is 10.6. The quantitative estimate of drug-likeness (QED) is 0.795. The van der Waals surface area contributed by atoms with Gasteiger partial charge in [-0.05, 0) is 30.0 Å². The molecule has 0 amide bonds. The van der Waals surface area contributed by atoms with Gasteiger partial charge >= 0.3 is 5.97 Å². The van der Waals surface area contributed by atoms with Crippen LogP contribution < -0.4 is 5.73 Å². The molecule has 2 rings (SSSR count). The van der Waals surface area contributed by atoms with Crippen molar-refractivity contribution < 1.29 is 9.53 Å². The van der Waals surface area contributed by atoms with Crippen LogP contribution in [0.1, 0.15) is 18.1 Å². The number of nitrogens with two attached hydrogens (primary N) is 1. The molecule has 0 aliphatic rings. The number of rotatable bonds is 4. The third-order valence-electron chi connectivity index (χ3n) is 3.03. The van der Waals surface area contributed by atoms with Crippen molar-refractivity contribution in [2.75, 3.05) is 7.11 Å². The highest BCUT2D eigenvalue weighted by Gasteiger charge is 2.15. The van der Waals surface area contributed by atoms with E-state index in [9.17, 15) is 4.79 Å². The number of esters is 1. The second-order valence-electron chi connectivity index (χ2n) is 4.28. The van der Waals surface area contributed by atoms with Crippen molar-refractivity contribution in [2.24, 2.45) is 5.73 Å². The first-order chi connectivity index (χ1) is 8.65. The molecule has 1 atom stereocenters. The van der Waals surface area contributed by atoms with Gasteiger partial charge in [-0.15, -0.1) is 0 Å². The number of benzene rings is 1. The molecule has 0 aliphatic heterocycles. The maximum Gasteiger partial charge on any atom is 0.322 e. The number of hydrogen-bond donors (Lipinski definition) is 2. The molecule has 2 aromatic rings. The Labute approximate surface area is 105 Å². The first-order valence-corrected chi connectivity index (χ1v) is 5.94. The number of carbonyl (C=O) groups excluding carboxylic acids is 1. The van der Waals surface area contributed by atoms with E-state index in [1.165, 1.54) is 12.7 Å². The SMILES string of the molecule is CCc1cc(C[C@H](N)C(=O)OC)cc2cn[nH]c12. The second-order valence-corrected chi connectivity index (χ2v) is 4.28. The number of ether oxygens (including phenoxy) is 1. The van der Waals surface area contributed by atoms with Crippen molar-refractivity contribution in [3.8, 4) is 0 Å². The number of hydrogen-bond acceptors (Lipinski definition) is 4. The van der Waals surface area contributed by atoms with E-state index >= 15 is 0 Å². The molecule has 96 valence electrons. The largest absolute Gasteiger partial charge is 0.468 e. The van der Waals surface area contributed by atoms with Crippen LogP contribution in [0.5, 0.6) is 0 Å². The van der Waals surface area contributed by atoms with E-state index in [4.69, 9.17) is 5.73 Å². The molecular formula is C13H17N3O2. The van der Waals surface area contributed by atoms with Crippen molar-refractivity contribution in [3.63, 3.8) is 0 Å². The van der Waals surface area contributed by atoms with Crippen LogP contribution >= 0.6 is 0 Å². The summed E-state index contributed by atoms with van der Waals surface area (Å²) in [6.45, 7) is 2.08. The predicted octanol–water partition coefficient (Wildman–Crippen LogP) is 1.17. The lowest BCUT2D eigenvalue weighted by Gasteiger charge is -2.10. The van der Waals surface area contributed by atoms with Crippen LogP contribution in [0.2, 0.25) is 0 Å². The van der Waals surface area contributed by atoms with E-state index in [-0.39, 0.29) is 5.97 Å². The smallest absolute Gasteiger partial charge is 0.322 e. The minimum absolute atomic E-state index is 0.389. The van der Waals surface area contributed by atoms with Gasteiger partial charge in [0.1, 0.15) is 6.04 Å². The van der Waals surface area contributed by atoms with Gasteiger partial charge in [-0.3, -0.25) is 9.89 Å². The molecule has 0 spiro atoms. The number of carbonyl (C=O) groups is 1. The third-order valence-corrected chi connectivity index (χ3v) is 3.03. The lowest BCUT2D eigenvalue weighted by Crippen LogP contribution is -2.33. The van der Waals surface area contributed by atoms with Gasteiger partial charge < -0.3 is 10.5 Å². The maximum absolute atomic E-state index is 11.3. The Bertz CT molecular complexity index is 562. The molecular weight excluding hydrogens is 230 g/mol. The molecule has 0 bridgehead atoms. The van der Waals surface area contributed by atoms with E-state index in [1.54, 1.807) is 6.20 Å². The number of fused-ring (bicyclic) bond motifs is 1. The fourth-order valence-corrected chi connectivity index (χ4v) is 2.08. The molecule has 0 fully saturated rings. The minimum atomic E-state index is -0.621. The summed E-state index contributed by atoms with van der Waals surface area (Å²) in [5, 5.41) is 8.06. The highest BCUT2D eigenvalue weighted by molar-refractivity contribution is 5.82. The summed E-state index contributed by atoms with van der Waals surface area (Å²) < 4.78 is 4.63. The fourth-order valence-electron chi connectivity index (χ4n) is 2.08. The molecule has 0 saturated heterocycles. The molecule has 1 aromatic carbocycles. The highest BCUT2D eigenvalue weighted by atomic mass is 16.5. The molecule has 0 unspecified atom stereocenters. The van der Waals surface area contributed by atoms with Gasteiger partial charge in [0.15, 0.2) is 0 Å². The molecule has 3 N–H and O–H groups in total. The zero-order valence-electron chi connectivity index (χ0n) is 10.6. The number of nitrogens with one attached hydrogen (secondary N) is 1. The highest BCUT2D eigenvalue weighted by Crippen LogP contribution is 2.20. The normalized spacial score (nSPS) is 12.6. The first-order valence-electron chi connectivity index (χ1n) is 5.94. The van der Waals surface area contributed by atoms with Crippen molar-refractivity contribution >= 4 is 16.9 Å². The van der Waals surface area contributed by atoms with Crippen molar-refractivity contribution in [2.45, 2.75) is 25.8 Å². The maximum atomic E-state index is 11.3. The monoisotopic (exact) mass is 247 g/mol. The lowest BCUT2D eigenvalue weighted by molar-refractivity contribution is -0.142. The van der Waals surface area contributed by atoms with Gasteiger partial charge in [0, 0.05) is 5.39 Å². The lowest BCUT2D eigenvalue weighted by atomic mass is 10.00. The third kappa shape index (κ3) is 2.36. The second kappa shape index (κ2) is 5.18. The molecule has 1 aromatic heterocycles. The van der Waals surface area contributed by atoms with Crippen LogP contribution in [0.25, 0.3) is 10.9 Å². The first kappa shape index (κ1) is 12.6. The summed E-state index contributed by atoms with van der Waals surface area (Å²) in [4.78, 5) is 11.3. The van der Waals surface area contributed by atoms with Crippen LogP contribution in [0.15, 0.2) is 18.3 Å². The average Bonchev–Trinajstić information content (AvgIpc) is 2.84. The Kier molecular flexibility index (Phi) is 3.62. The number of H-pyrrole nitrogens is 1. The number of nitrogens with zero attached hydrogens (tertiary/aromatic N) is 1. The minimum Gasteiger partial charge on any atom is -0.468 e. The molecule has 0 saturated carbocycles. The molecule has 1 heterocycles. The molecule has 0 aliphatic carbocycles. The van der Waals surface area contributed by atoms with Gasteiger partial charge in [0.05, 0.1) is 18.8 Å². The summed E-state index contributed by atoms with van der Waals surface area (Å²) in [6.07, 6.45) is 3.16. The van der Waals surface area contributed by atoms with E-state index in [1.807, 2.05) is 6.07 Å². The van der Waals surface area contributed by atoms with Gasteiger partial charge in [-0.2, -0.15) is 5.10 Å². The number of aromatic amines is 1. The van der Waals surface area contributed by atoms with Gasteiger partial charge in [-0.1, -0.05) is 13.0 Å². The van der Waals surface area contributed by atoms with Gasteiger partial charge in [0.2, 0.25) is 0 Å². The summed E-state index contributed by atoms with van der Waals surface area (Å²) in [5.41, 5.74) is 9.03. The zero-order chi connectivity index (χ0) is 13.1. The molecule has 0 radical (unpaired) electrons. The van der Waals surface area contributed by atoms with Crippen molar-refractivity contribution in [3.05, 3.63) is 29.5 Å². The Morgan fingerprint density at radius 3 is 3.00 bits per heavy atom. The Hall–Kier alpha value is -1.88. The number of aromatic nitrogens is 2. The van der Waals surface area contributed by atoms with E-state index < -0.39 is 6.04 Å². The summed E-state index contributed by atoms with van der Waals surface area (Å²) in [6, 6.07) is 3.44. The summed E-state index contributed by atoms with van der Waals surface area (Å²) >= 11 is 0. The average molecular weight is 247 g/mol. The van der Waals surface area contributed by atoms with Crippen LogP contribution in [0.3, 0.4) is 0 Å². The summed E-state index contributed by atoms with van der Waals surface area (Å²) in [5.74, 6) is -0.389. The van der Waals surface area contributed by atoms with Crippen LogP contribution in [0.4, 0.5) is 0 Å².